The third-order valence-electron chi connectivity index (χ3n) is 2.80. The van der Waals surface area contributed by atoms with Crippen LogP contribution in [0, 0.1) is 0 Å². The van der Waals surface area contributed by atoms with Crippen LogP contribution in [-0.2, 0) is 11.3 Å². The Bertz CT molecular complexity index is 538. The molecule has 1 N–H and O–H groups in total. The molecule has 0 unspecified atom stereocenters. The Labute approximate surface area is 118 Å². The van der Waals surface area contributed by atoms with E-state index in [1.165, 1.54) is 0 Å². The number of hydrogen-bond donors (Lipinski definition) is 1. The van der Waals surface area contributed by atoms with Crippen LogP contribution in [0.25, 0.3) is 0 Å². The lowest BCUT2D eigenvalue weighted by molar-refractivity contribution is 0.0505. The molecule has 4 nitrogen and oxygen atoms in total. The average molecular weight is 270 g/mol. The predicted octanol–water partition coefficient (Wildman–Crippen LogP) is 3.26. The Kier molecular flexibility index (Phi) is 5.12. The van der Waals surface area contributed by atoms with Crippen LogP contribution in [0.1, 0.15) is 29.3 Å². The minimum absolute atomic E-state index is 0.271. The number of ether oxygens (including phenoxy) is 1. The highest BCUT2D eigenvalue weighted by atomic mass is 16.5. The van der Waals surface area contributed by atoms with Gasteiger partial charge in [-0.05, 0) is 48.4 Å². The number of hydrogen-bond acceptors (Lipinski definition) is 4. The Hall–Kier alpha value is -2.36. The Balaban J connectivity index is 1.90. The molecule has 0 saturated heterocycles. The SMILES string of the molecule is CCCOC(=O)c1ccc(NCc2ccncc2)cc1. The van der Waals surface area contributed by atoms with Crippen LogP contribution >= 0.6 is 0 Å². The number of nitrogens with one attached hydrogen (secondary N) is 1. The van der Waals surface area contributed by atoms with Crippen LogP contribution in [-0.4, -0.2) is 17.6 Å². The topological polar surface area (TPSA) is 51.2 Å². The lowest BCUT2D eigenvalue weighted by Crippen LogP contribution is -2.06. The first kappa shape index (κ1) is 14.1. The van der Waals surface area contributed by atoms with Gasteiger partial charge in [-0.15, -0.1) is 0 Å². The third kappa shape index (κ3) is 4.09. The minimum Gasteiger partial charge on any atom is -0.462 e. The largest absolute Gasteiger partial charge is 0.462 e. The van der Waals surface area contributed by atoms with Gasteiger partial charge in [-0.25, -0.2) is 4.79 Å². The van der Waals surface area contributed by atoms with E-state index in [1.807, 2.05) is 31.2 Å². The maximum atomic E-state index is 11.6. The molecule has 0 atom stereocenters. The van der Waals surface area contributed by atoms with Gasteiger partial charge in [0.2, 0.25) is 0 Å². The van der Waals surface area contributed by atoms with E-state index >= 15 is 0 Å². The van der Waals surface area contributed by atoms with Gasteiger partial charge in [-0.1, -0.05) is 6.92 Å². The molecule has 1 aromatic heterocycles. The zero-order valence-corrected chi connectivity index (χ0v) is 11.5. The summed E-state index contributed by atoms with van der Waals surface area (Å²) < 4.78 is 5.08. The molecule has 4 heteroatoms. The summed E-state index contributed by atoms with van der Waals surface area (Å²) in [5, 5.41) is 3.29. The number of pyridine rings is 1. The molecule has 0 aliphatic rings. The average Bonchev–Trinajstić information content (AvgIpc) is 2.52. The maximum Gasteiger partial charge on any atom is 0.338 e. The summed E-state index contributed by atoms with van der Waals surface area (Å²) in [5.41, 5.74) is 2.70. The van der Waals surface area contributed by atoms with Crippen LogP contribution in [0.5, 0.6) is 0 Å². The lowest BCUT2D eigenvalue weighted by atomic mass is 10.2. The van der Waals surface area contributed by atoms with Crippen molar-refractivity contribution in [2.24, 2.45) is 0 Å². The summed E-state index contributed by atoms with van der Waals surface area (Å²) in [4.78, 5) is 15.6. The van der Waals surface area contributed by atoms with E-state index in [4.69, 9.17) is 4.74 Å². The predicted molar refractivity (Wildman–Crippen MR) is 78.6 cm³/mol. The van der Waals surface area contributed by atoms with Gasteiger partial charge >= 0.3 is 5.97 Å². The van der Waals surface area contributed by atoms with Gasteiger partial charge < -0.3 is 10.1 Å². The van der Waals surface area contributed by atoms with Crippen molar-refractivity contribution in [1.82, 2.24) is 4.98 Å². The minimum atomic E-state index is -0.271. The number of nitrogens with zero attached hydrogens (tertiary/aromatic N) is 1. The Morgan fingerprint density at radius 3 is 2.50 bits per heavy atom. The van der Waals surface area contributed by atoms with Crippen LogP contribution < -0.4 is 5.32 Å². The Morgan fingerprint density at radius 1 is 1.15 bits per heavy atom. The van der Waals surface area contributed by atoms with Gasteiger partial charge in [0.15, 0.2) is 0 Å². The van der Waals surface area contributed by atoms with E-state index in [0.717, 1.165) is 24.2 Å². The van der Waals surface area contributed by atoms with Crippen LogP contribution in [0.2, 0.25) is 0 Å². The zero-order chi connectivity index (χ0) is 14.2. The van der Waals surface area contributed by atoms with Crippen molar-refractivity contribution >= 4 is 11.7 Å². The number of carbonyl (C=O) groups excluding carboxylic acids is 1. The first-order chi connectivity index (χ1) is 9.79. The van der Waals surface area contributed by atoms with Crippen molar-refractivity contribution in [3.8, 4) is 0 Å². The van der Waals surface area contributed by atoms with E-state index < -0.39 is 0 Å². The summed E-state index contributed by atoms with van der Waals surface area (Å²) in [5.74, 6) is -0.271. The molecular weight excluding hydrogens is 252 g/mol. The number of rotatable bonds is 6. The summed E-state index contributed by atoms with van der Waals surface area (Å²) in [7, 11) is 0. The van der Waals surface area contributed by atoms with Gasteiger partial charge in [-0.2, -0.15) is 0 Å². The third-order valence-corrected chi connectivity index (χ3v) is 2.80. The fourth-order valence-electron chi connectivity index (χ4n) is 1.71. The second kappa shape index (κ2) is 7.28. The smallest absolute Gasteiger partial charge is 0.338 e. The second-order valence-electron chi connectivity index (χ2n) is 4.42. The zero-order valence-electron chi connectivity index (χ0n) is 11.5. The second-order valence-corrected chi connectivity index (χ2v) is 4.42. The van der Waals surface area contributed by atoms with Crippen molar-refractivity contribution in [3.63, 3.8) is 0 Å². The number of benzene rings is 1. The molecule has 0 amide bonds. The van der Waals surface area contributed by atoms with E-state index in [1.54, 1.807) is 24.5 Å². The van der Waals surface area contributed by atoms with E-state index in [0.29, 0.717) is 12.2 Å². The fourth-order valence-corrected chi connectivity index (χ4v) is 1.71. The quantitative estimate of drug-likeness (QED) is 0.819. The normalized spacial score (nSPS) is 10.1. The maximum absolute atomic E-state index is 11.6. The van der Waals surface area contributed by atoms with Crippen molar-refractivity contribution < 1.29 is 9.53 Å². The first-order valence-electron chi connectivity index (χ1n) is 6.69. The number of carbonyl (C=O) groups is 1. The number of aromatic nitrogens is 1. The molecule has 104 valence electrons. The molecule has 20 heavy (non-hydrogen) atoms. The molecule has 0 bridgehead atoms. The monoisotopic (exact) mass is 270 g/mol. The van der Waals surface area contributed by atoms with Gasteiger partial charge in [0.05, 0.1) is 12.2 Å². The van der Waals surface area contributed by atoms with Gasteiger partial charge in [-0.3, -0.25) is 4.98 Å². The van der Waals surface area contributed by atoms with Gasteiger partial charge in [0.1, 0.15) is 0 Å². The van der Waals surface area contributed by atoms with E-state index in [-0.39, 0.29) is 5.97 Å². The molecule has 0 aliphatic heterocycles. The van der Waals surface area contributed by atoms with Crippen LogP contribution in [0.3, 0.4) is 0 Å². The van der Waals surface area contributed by atoms with E-state index in [2.05, 4.69) is 10.3 Å². The lowest BCUT2D eigenvalue weighted by Gasteiger charge is -2.07. The highest BCUT2D eigenvalue weighted by Gasteiger charge is 2.05. The van der Waals surface area contributed by atoms with Crippen LogP contribution in [0.15, 0.2) is 48.8 Å². The molecule has 0 fully saturated rings. The van der Waals surface area contributed by atoms with Crippen molar-refractivity contribution in [1.29, 1.82) is 0 Å². The summed E-state index contributed by atoms with van der Waals surface area (Å²) in [6.45, 7) is 3.16. The van der Waals surface area contributed by atoms with Crippen molar-refractivity contribution in [2.45, 2.75) is 19.9 Å². The number of esters is 1. The molecular formula is C16H18N2O2. The fraction of sp³-hybridized carbons (Fsp3) is 0.250. The molecule has 0 spiro atoms. The first-order valence-corrected chi connectivity index (χ1v) is 6.69. The molecule has 0 radical (unpaired) electrons. The van der Waals surface area contributed by atoms with Crippen LogP contribution in [0.4, 0.5) is 5.69 Å². The molecule has 1 heterocycles. The van der Waals surface area contributed by atoms with Crippen molar-refractivity contribution in [2.75, 3.05) is 11.9 Å². The molecule has 1 aromatic carbocycles. The molecule has 0 saturated carbocycles. The highest BCUT2D eigenvalue weighted by Crippen LogP contribution is 2.12. The van der Waals surface area contributed by atoms with Gasteiger partial charge in [0, 0.05) is 24.6 Å². The standard InChI is InChI=1S/C16H18N2O2/c1-2-11-20-16(19)14-3-5-15(6-4-14)18-12-13-7-9-17-10-8-13/h3-10,18H,2,11-12H2,1H3. The Morgan fingerprint density at radius 2 is 1.85 bits per heavy atom. The highest BCUT2D eigenvalue weighted by molar-refractivity contribution is 5.89. The summed E-state index contributed by atoms with van der Waals surface area (Å²) in [6.07, 6.45) is 4.37. The van der Waals surface area contributed by atoms with Crippen molar-refractivity contribution in [3.05, 3.63) is 59.9 Å². The summed E-state index contributed by atoms with van der Waals surface area (Å²) in [6, 6.07) is 11.2. The summed E-state index contributed by atoms with van der Waals surface area (Å²) >= 11 is 0. The number of anilines is 1. The molecule has 2 aromatic rings. The van der Waals surface area contributed by atoms with E-state index in [9.17, 15) is 4.79 Å². The molecule has 2 rings (SSSR count). The molecule has 0 aliphatic carbocycles. The van der Waals surface area contributed by atoms with Gasteiger partial charge in [0.25, 0.3) is 0 Å².